The summed E-state index contributed by atoms with van der Waals surface area (Å²) in [5.41, 5.74) is 2.20. The second-order valence-electron chi connectivity index (χ2n) is 7.18. The van der Waals surface area contributed by atoms with Crippen molar-refractivity contribution < 1.29 is 13.9 Å². The number of carbonyl (C=O) groups is 1. The number of pyridine rings is 2. The molecule has 0 atom stereocenters. The van der Waals surface area contributed by atoms with Crippen LogP contribution >= 0.6 is 0 Å². The van der Waals surface area contributed by atoms with Gasteiger partial charge in [0.2, 0.25) is 0 Å². The summed E-state index contributed by atoms with van der Waals surface area (Å²) in [7, 11) is 3.14. The first-order valence-corrected chi connectivity index (χ1v) is 9.99. The molecule has 5 rings (SSSR count). The Balaban J connectivity index is 1.50. The maximum absolute atomic E-state index is 14.8. The lowest BCUT2D eigenvalue weighted by Gasteiger charge is -2.10. The van der Waals surface area contributed by atoms with Crippen LogP contribution < -0.4 is 10.1 Å². The van der Waals surface area contributed by atoms with Crippen LogP contribution in [-0.2, 0) is 7.05 Å². The minimum absolute atomic E-state index is 0.0443. The fourth-order valence-corrected chi connectivity index (χ4v) is 3.52. The first-order valence-electron chi connectivity index (χ1n) is 9.99. The van der Waals surface area contributed by atoms with Crippen molar-refractivity contribution in [2.24, 2.45) is 7.05 Å². The van der Waals surface area contributed by atoms with Gasteiger partial charge in [0, 0.05) is 24.9 Å². The highest BCUT2D eigenvalue weighted by molar-refractivity contribution is 6.07. The molecule has 0 aliphatic carbocycles. The molecule has 0 saturated carbocycles. The Labute approximate surface area is 187 Å². The number of amides is 1. The smallest absolute Gasteiger partial charge is 0.274 e. The third kappa shape index (κ3) is 3.67. The number of methoxy groups -OCH3 is 1. The molecule has 164 valence electrons. The maximum atomic E-state index is 14.8. The molecule has 0 saturated heterocycles. The molecule has 0 aliphatic rings. The molecule has 0 spiro atoms. The topological polar surface area (TPSA) is 99.2 Å². The van der Waals surface area contributed by atoms with E-state index in [2.05, 4.69) is 25.5 Å². The van der Waals surface area contributed by atoms with Crippen LogP contribution in [0.1, 0.15) is 10.5 Å². The zero-order valence-electron chi connectivity index (χ0n) is 17.7. The zero-order chi connectivity index (χ0) is 22.9. The molecule has 4 heterocycles. The van der Waals surface area contributed by atoms with Crippen molar-refractivity contribution in [1.29, 1.82) is 0 Å². The molecule has 5 aromatic rings. The van der Waals surface area contributed by atoms with Crippen molar-refractivity contribution in [3.63, 3.8) is 0 Å². The highest BCUT2D eigenvalue weighted by Crippen LogP contribution is 2.30. The normalized spacial score (nSPS) is 11.0. The van der Waals surface area contributed by atoms with E-state index in [0.29, 0.717) is 28.5 Å². The van der Waals surface area contributed by atoms with Gasteiger partial charge in [-0.15, -0.1) is 5.10 Å². The molecule has 1 N–H and O–H groups in total. The number of fused-ring (bicyclic) bond motifs is 1. The van der Waals surface area contributed by atoms with Crippen LogP contribution in [0.3, 0.4) is 0 Å². The lowest BCUT2D eigenvalue weighted by Crippen LogP contribution is -2.18. The molecule has 9 nitrogen and oxygen atoms in total. The van der Waals surface area contributed by atoms with Gasteiger partial charge < -0.3 is 10.1 Å². The van der Waals surface area contributed by atoms with Gasteiger partial charge in [0.15, 0.2) is 17.3 Å². The monoisotopic (exact) mass is 443 g/mol. The third-order valence-electron chi connectivity index (χ3n) is 5.10. The van der Waals surface area contributed by atoms with Gasteiger partial charge in [-0.05, 0) is 12.1 Å². The number of nitrogens with one attached hydrogen (secondary N) is 1. The average molecular weight is 443 g/mol. The van der Waals surface area contributed by atoms with Gasteiger partial charge >= 0.3 is 0 Å². The second-order valence-corrected chi connectivity index (χ2v) is 7.18. The van der Waals surface area contributed by atoms with Gasteiger partial charge in [0.1, 0.15) is 17.1 Å². The summed E-state index contributed by atoms with van der Waals surface area (Å²) in [5, 5.41) is 11.2. The lowest BCUT2D eigenvalue weighted by molar-refractivity contribution is 0.101. The van der Waals surface area contributed by atoms with Crippen LogP contribution in [0.5, 0.6) is 5.75 Å². The fourth-order valence-electron chi connectivity index (χ4n) is 3.52. The first-order chi connectivity index (χ1) is 16.0. The van der Waals surface area contributed by atoms with Crippen molar-refractivity contribution in [3.05, 3.63) is 78.6 Å². The number of nitrogens with zero attached hydrogens (tertiary/aromatic N) is 6. The van der Waals surface area contributed by atoms with Crippen molar-refractivity contribution in [1.82, 2.24) is 29.4 Å². The van der Waals surface area contributed by atoms with Crippen LogP contribution in [0.25, 0.3) is 28.3 Å². The van der Waals surface area contributed by atoms with E-state index < -0.39 is 11.7 Å². The average Bonchev–Trinajstić information content (AvgIpc) is 3.42. The molecule has 0 radical (unpaired) electrons. The Hall–Kier alpha value is -4.60. The number of halogens is 1. The number of hydrogen-bond acceptors (Lipinski definition) is 6. The van der Waals surface area contributed by atoms with E-state index in [-0.39, 0.29) is 11.4 Å². The van der Waals surface area contributed by atoms with Gasteiger partial charge in [-0.25, -0.2) is 13.9 Å². The number of aromatic nitrogens is 6. The summed E-state index contributed by atoms with van der Waals surface area (Å²) in [5.74, 6) is -0.251. The van der Waals surface area contributed by atoms with Gasteiger partial charge in [-0.3, -0.25) is 14.5 Å². The summed E-state index contributed by atoms with van der Waals surface area (Å²) in [6, 6.07) is 14.0. The molecular formula is C23H18FN7O2. The molecule has 4 aromatic heterocycles. The minimum atomic E-state index is -0.637. The second kappa shape index (κ2) is 8.15. The van der Waals surface area contributed by atoms with E-state index in [1.165, 1.54) is 34.8 Å². The molecule has 0 unspecified atom stereocenters. The van der Waals surface area contributed by atoms with E-state index in [4.69, 9.17) is 4.74 Å². The molecule has 1 amide bonds. The van der Waals surface area contributed by atoms with Crippen LogP contribution in [0, 0.1) is 5.82 Å². The summed E-state index contributed by atoms with van der Waals surface area (Å²) in [6.07, 6.45) is 4.50. The number of ether oxygens (including phenoxy) is 1. The minimum Gasteiger partial charge on any atom is -0.494 e. The highest BCUT2D eigenvalue weighted by Gasteiger charge is 2.23. The molecule has 33 heavy (non-hydrogen) atoms. The lowest BCUT2D eigenvalue weighted by atomic mass is 10.1. The quantitative estimate of drug-likeness (QED) is 0.446. The molecule has 0 aliphatic heterocycles. The van der Waals surface area contributed by atoms with Crippen LogP contribution in [0.2, 0.25) is 0 Å². The van der Waals surface area contributed by atoms with Crippen molar-refractivity contribution >= 4 is 17.2 Å². The molecular weight excluding hydrogens is 425 g/mol. The Morgan fingerprint density at radius 1 is 1.15 bits per heavy atom. The standard InChI is InChI=1S/C23H18FN7O2/c1-30-21(15(12-26-30)20-18(33-2)9-6-10-25-20)23(32)27-17-13-31-19(11-16(17)24)28-22(29-31)14-7-4-3-5-8-14/h3-13H,1-2H3,(H,27,32). The van der Waals surface area contributed by atoms with Crippen molar-refractivity contribution in [2.75, 3.05) is 12.4 Å². The van der Waals surface area contributed by atoms with Crippen molar-refractivity contribution in [3.8, 4) is 28.4 Å². The summed E-state index contributed by atoms with van der Waals surface area (Å²) >= 11 is 0. The van der Waals surface area contributed by atoms with Gasteiger partial charge in [0.25, 0.3) is 5.91 Å². The molecule has 0 bridgehead atoms. The predicted molar refractivity (Wildman–Crippen MR) is 119 cm³/mol. The fraction of sp³-hybridized carbons (Fsp3) is 0.0870. The number of carbonyl (C=O) groups excluding carboxylic acids is 1. The molecule has 10 heteroatoms. The van der Waals surface area contributed by atoms with E-state index in [1.807, 2.05) is 30.3 Å². The third-order valence-corrected chi connectivity index (χ3v) is 5.10. The van der Waals surface area contributed by atoms with E-state index in [1.54, 1.807) is 25.4 Å². The number of rotatable bonds is 5. The van der Waals surface area contributed by atoms with Gasteiger partial charge in [-0.1, -0.05) is 30.3 Å². The summed E-state index contributed by atoms with van der Waals surface area (Å²) < 4.78 is 23.0. The van der Waals surface area contributed by atoms with Crippen LogP contribution in [0.15, 0.2) is 67.1 Å². The van der Waals surface area contributed by atoms with Crippen LogP contribution in [-0.4, -0.2) is 42.4 Å². The van der Waals surface area contributed by atoms with Crippen molar-refractivity contribution in [2.45, 2.75) is 0 Å². The SMILES string of the molecule is COc1cccnc1-c1cnn(C)c1C(=O)Nc1cn2nc(-c3ccccc3)nc2cc1F. The van der Waals surface area contributed by atoms with Crippen LogP contribution in [0.4, 0.5) is 10.1 Å². The summed E-state index contributed by atoms with van der Waals surface area (Å²) in [6.45, 7) is 0. The van der Waals surface area contributed by atoms with E-state index >= 15 is 0 Å². The zero-order valence-corrected chi connectivity index (χ0v) is 17.7. The Morgan fingerprint density at radius 2 is 1.97 bits per heavy atom. The Bertz CT molecular complexity index is 1480. The number of anilines is 1. The number of hydrogen-bond donors (Lipinski definition) is 1. The van der Waals surface area contributed by atoms with E-state index in [9.17, 15) is 9.18 Å². The molecule has 1 aromatic carbocycles. The number of aryl methyl sites for hydroxylation is 1. The van der Waals surface area contributed by atoms with Gasteiger partial charge in [0.05, 0.1) is 30.8 Å². The Kier molecular flexibility index (Phi) is 5.02. The first kappa shape index (κ1) is 20.3. The number of benzene rings is 1. The highest BCUT2D eigenvalue weighted by atomic mass is 19.1. The maximum Gasteiger partial charge on any atom is 0.274 e. The Morgan fingerprint density at radius 3 is 2.76 bits per heavy atom. The predicted octanol–water partition coefficient (Wildman–Crippen LogP) is 3.59. The summed E-state index contributed by atoms with van der Waals surface area (Å²) in [4.78, 5) is 21.8. The largest absolute Gasteiger partial charge is 0.494 e. The van der Waals surface area contributed by atoms with E-state index in [0.717, 1.165) is 5.56 Å². The molecule has 0 fully saturated rings. The van der Waals surface area contributed by atoms with Gasteiger partial charge in [-0.2, -0.15) is 5.10 Å².